The first-order valence-corrected chi connectivity index (χ1v) is 9.19. The zero-order valence-corrected chi connectivity index (χ0v) is 15.5. The van der Waals surface area contributed by atoms with Gasteiger partial charge in [0.2, 0.25) is 5.91 Å². The molecule has 0 spiro atoms. The van der Waals surface area contributed by atoms with E-state index in [9.17, 15) is 9.18 Å². The molecule has 0 radical (unpaired) electrons. The van der Waals surface area contributed by atoms with Crippen LogP contribution in [0.1, 0.15) is 5.56 Å². The van der Waals surface area contributed by atoms with Gasteiger partial charge in [-0.3, -0.25) is 4.79 Å². The van der Waals surface area contributed by atoms with Crippen molar-refractivity contribution < 1.29 is 9.18 Å². The van der Waals surface area contributed by atoms with E-state index in [0.29, 0.717) is 28.1 Å². The fourth-order valence-electron chi connectivity index (χ4n) is 2.35. The topological polar surface area (TPSA) is 59.8 Å². The average molecular weight is 391 g/mol. The number of hydrogen-bond donors (Lipinski definition) is 1. The smallest absolute Gasteiger partial charge is 0.230 e. The van der Waals surface area contributed by atoms with E-state index < -0.39 is 0 Å². The SMILES string of the molecule is Cn1c(SCC(=O)NCc2cccc(Cl)c2)nnc1-c1ccccc1F. The second-order valence-electron chi connectivity index (χ2n) is 5.54. The second kappa shape index (κ2) is 8.33. The number of carbonyl (C=O) groups is 1. The maximum atomic E-state index is 13.9. The van der Waals surface area contributed by atoms with E-state index in [2.05, 4.69) is 15.5 Å². The number of nitrogens with zero attached hydrogens (tertiary/aromatic N) is 3. The highest BCUT2D eigenvalue weighted by Crippen LogP contribution is 2.24. The van der Waals surface area contributed by atoms with Gasteiger partial charge in [-0.25, -0.2) is 4.39 Å². The van der Waals surface area contributed by atoms with Crippen LogP contribution < -0.4 is 5.32 Å². The Labute approximate surface area is 159 Å². The Kier molecular flexibility index (Phi) is 5.90. The van der Waals surface area contributed by atoms with Gasteiger partial charge >= 0.3 is 0 Å². The Morgan fingerprint density at radius 3 is 2.81 bits per heavy atom. The number of nitrogens with one attached hydrogen (secondary N) is 1. The number of thioether (sulfide) groups is 1. The van der Waals surface area contributed by atoms with Gasteiger partial charge in [0.05, 0.1) is 11.3 Å². The quantitative estimate of drug-likeness (QED) is 0.652. The van der Waals surface area contributed by atoms with Crippen LogP contribution in [0, 0.1) is 5.82 Å². The van der Waals surface area contributed by atoms with Crippen LogP contribution in [0.4, 0.5) is 4.39 Å². The minimum Gasteiger partial charge on any atom is -0.351 e. The van der Waals surface area contributed by atoms with Crippen LogP contribution in [0.3, 0.4) is 0 Å². The summed E-state index contributed by atoms with van der Waals surface area (Å²) in [7, 11) is 1.74. The monoisotopic (exact) mass is 390 g/mol. The maximum Gasteiger partial charge on any atom is 0.230 e. The van der Waals surface area contributed by atoms with Crippen molar-refractivity contribution in [3.8, 4) is 11.4 Å². The Morgan fingerprint density at radius 2 is 2.04 bits per heavy atom. The van der Waals surface area contributed by atoms with E-state index in [0.717, 1.165) is 5.56 Å². The Balaban J connectivity index is 1.58. The zero-order chi connectivity index (χ0) is 18.5. The minimum absolute atomic E-state index is 0.134. The van der Waals surface area contributed by atoms with Gasteiger partial charge in [-0.05, 0) is 29.8 Å². The number of carbonyl (C=O) groups excluding carboxylic acids is 1. The van der Waals surface area contributed by atoms with Crippen molar-refractivity contribution >= 4 is 29.3 Å². The van der Waals surface area contributed by atoms with E-state index in [1.165, 1.54) is 17.8 Å². The van der Waals surface area contributed by atoms with Crippen molar-refractivity contribution in [1.82, 2.24) is 20.1 Å². The average Bonchev–Trinajstić information content (AvgIpc) is 2.99. The molecule has 1 heterocycles. The molecule has 0 aliphatic carbocycles. The number of halogens is 2. The number of benzene rings is 2. The lowest BCUT2D eigenvalue weighted by atomic mass is 10.2. The van der Waals surface area contributed by atoms with Gasteiger partial charge in [0.1, 0.15) is 5.82 Å². The number of rotatable bonds is 6. The molecule has 0 unspecified atom stereocenters. The highest BCUT2D eigenvalue weighted by Gasteiger charge is 2.15. The summed E-state index contributed by atoms with van der Waals surface area (Å²) in [6.07, 6.45) is 0. The minimum atomic E-state index is -0.362. The first-order valence-electron chi connectivity index (χ1n) is 7.83. The number of hydrogen-bond acceptors (Lipinski definition) is 4. The fourth-order valence-corrected chi connectivity index (χ4v) is 3.30. The van der Waals surface area contributed by atoms with Gasteiger partial charge in [0.25, 0.3) is 0 Å². The molecule has 26 heavy (non-hydrogen) atoms. The highest BCUT2D eigenvalue weighted by molar-refractivity contribution is 7.99. The molecular formula is C18H16ClFN4OS. The molecule has 8 heteroatoms. The molecule has 1 amide bonds. The van der Waals surface area contributed by atoms with Gasteiger partial charge in [-0.15, -0.1) is 10.2 Å². The fraction of sp³-hybridized carbons (Fsp3) is 0.167. The van der Waals surface area contributed by atoms with Crippen LogP contribution in [0.15, 0.2) is 53.7 Å². The molecular weight excluding hydrogens is 375 g/mol. The summed E-state index contributed by atoms with van der Waals surface area (Å²) in [5, 5.41) is 12.1. The van der Waals surface area contributed by atoms with Crippen molar-refractivity contribution in [2.75, 3.05) is 5.75 Å². The largest absolute Gasteiger partial charge is 0.351 e. The molecule has 0 atom stereocenters. The van der Waals surface area contributed by atoms with Crippen LogP contribution in [-0.2, 0) is 18.4 Å². The summed E-state index contributed by atoms with van der Waals surface area (Å²) < 4.78 is 15.6. The van der Waals surface area contributed by atoms with Gasteiger partial charge in [-0.2, -0.15) is 0 Å². The van der Waals surface area contributed by atoms with E-state index >= 15 is 0 Å². The van der Waals surface area contributed by atoms with Gasteiger partial charge in [0, 0.05) is 18.6 Å². The molecule has 1 aromatic heterocycles. The van der Waals surface area contributed by atoms with Gasteiger partial charge < -0.3 is 9.88 Å². The molecule has 3 aromatic rings. The summed E-state index contributed by atoms with van der Waals surface area (Å²) in [5.74, 6) is 0.109. The predicted molar refractivity (Wildman–Crippen MR) is 100 cm³/mol. The number of amides is 1. The molecule has 0 aliphatic rings. The molecule has 134 valence electrons. The van der Waals surface area contributed by atoms with Crippen LogP contribution in [0.5, 0.6) is 0 Å². The Bertz CT molecular complexity index is 931. The first kappa shape index (κ1) is 18.4. The molecule has 1 N–H and O–H groups in total. The third kappa shape index (κ3) is 4.42. The summed E-state index contributed by atoms with van der Waals surface area (Å²) in [6.45, 7) is 0.402. The van der Waals surface area contributed by atoms with Crippen molar-refractivity contribution in [2.45, 2.75) is 11.7 Å². The first-order chi connectivity index (χ1) is 12.5. The molecule has 2 aromatic carbocycles. The Hall–Kier alpha value is -2.38. The lowest BCUT2D eigenvalue weighted by Gasteiger charge is -2.06. The second-order valence-corrected chi connectivity index (χ2v) is 6.92. The normalized spacial score (nSPS) is 10.7. The van der Waals surface area contributed by atoms with Crippen molar-refractivity contribution in [1.29, 1.82) is 0 Å². The van der Waals surface area contributed by atoms with Crippen molar-refractivity contribution in [2.24, 2.45) is 7.05 Å². The van der Waals surface area contributed by atoms with Crippen LogP contribution in [0.2, 0.25) is 5.02 Å². The van der Waals surface area contributed by atoms with Crippen LogP contribution in [0.25, 0.3) is 11.4 Å². The number of aromatic nitrogens is 3. The molecule has 0 saturated heterocycles. The van der Waals surface area contributed by atoms with E-state index in [-0.39, 0.29) is 17.5 Å². The third-order valence-electron chi connectivity index (χ3n) is 3.66. The predicted octanol–water partition coefficient (Wildman–Crippen LogP) is 3.68. The lowest BCUT2D eigenvalue weighted by Crippen LogP contribution is -2.24. The van der Waals surface area contributed by atoms with Crippen LogP contribution in [-0.4, -0.2) is 26.4 Å². The standard InChI is InChI=1S/C18H16ClFN4OS/c1-24-17(14-7-2-3-8-15(14)20)22-23-18(24)26-11-16(25)21-10-12-5-4-6-13(19)9-12/h2-9H,10-11H2,1H3,(H,21,25). The molecule has 3 rings (SSSR count). The van der Waals surface area contributed by atoms with E-state index in [1.54, 1.807) is 41.9 Å². The van der Waals surface area contributed by atoms with Gasteiger partial charge in [0.15, 0.2) is 11.0 Å². The lowest BCUT2D eigenvalue weighted by molar-refractivity contribution is -0.118. The molecule has 0 aliphatic heterocycles. The zero-order valence-electron chi connectivity index (χ0n) is 13.9. The summed E-state index contributed by atoms with van der Waals surface area (Å²) in [6, 6.07) is 13.7. The Morgan fingerprint density at radius 1 is 1.23 bits per heavy atom. The van der Waals surface area contributed by atoms with E-state index in [1.807, 2.05) is 12.1 Å². The third-order valence-corrected chi connectivity index (χ3v) is 4.92. The molecule has 0 fully saturated rings. The van der Waals surface area contributed by atoms with Crippen molar-refractivity contribution in [3.05, 3.63) is 64.9 Å². The highest BCUT2D eigenvalue weighted by atomic mass is 35.5. The summed E-state index contributed by atoms with van der Waals surface area (Å²) in [5.41, 5.74) is 1.30. The molecule has 5 nitrogen and oxygen atoms in total. The summed E-state index contributed by atoms with van der Waals surface area (Å²) in [4.78, 5) is 12.0. The van der Waals surface area contributed by atoms with E-state index in [4.69, 9.17) is 11.6 Å². The van der Waals surface area contributed by atoms with Crippen molar-refractivity contribution in [3.63, 3.8) is 0 Å². The van der Waals surface area contributed by atoms with Crippen LogP contribution >= 0.6 is 23.4 Å². The maximum absolute atomic E-state index is 13.9. The summed E-state index contributed by atoms with van der Waals surface area (Å²) >= 11 is 7.16. The molecule has 0 saturated carbocycles. The van der Waals surface area contributed by atoms with Gasteiger partial charge in [-0.1, -0.05) is 47.6 Å². The molecule has 0 bridgehead atoms.